The first kappa shape index (κ1) is 21.0. The summed E-state index contributed by atoms with van der Waals surface area (Å²) < 4.78 is 10.6. The minimum Gasteiger partial charge on any atom is -0.493 e. The molecule has 1 aliphatic carbocycles. The second kappa shape index (κ2) is 9.08. The lowest BCUT2D eigenvalue weighted by molar-refractivity contribution is -0.118. The van der Waals surface area contributed by atoms with E-state index in [1.807, 2.05) is 0 Å². The van der Waals surface area contributed by atoms with Gasteiger partial charge in [-0.1, -0.05) is 19.3 Å². The number of methoxy groups -OCH3 is 2. The molecule has 0 saturated heterocycles. The molecule has 0 aliphatic heterocycles. The van der Waals surface area contributed by atoms with E-state index in [9.17, 15) is 9.59 Å². The van der Waals surface area contributed by atoms with Crippen LogP contribution in [0.2, 0.25) is 0 Å². The highest BCUT2D eigenvalue weighted by atomic mass is 16.5. The number of hydrogen-bond donors (Lipinski definition) is 2. The number of carbonyl (C=O) groups excluding carboxylic acids is 2. The maximum absolute atomic E-state index is 12.8. The van der Waals surface area contributed by atoms with Crippen molar-refractivity contribution in [3.63, 3.8) is 0 Å². The molecule has 0 unspecified atom stereocenters. The summed E-state index contributed by atoms with van der Waals surface area (Å²) >= 11 is 0. The number of nitrogens with zero attached hydrogens (tertiary/aromatic N) is 1. The van der Waals surface area contributed by atoms with Gasteiger partial charge in [-0.25, -0.2) is 0 Å². The number of nitrogens with two attached hydrogens (primary N) is 1. The smallest absolute Gasteiger partial charge is 0.255 e. The van der Waals surface area contributed by atoms with E-state index in [-0.39, 0.29) is 17.2 Å². The molecule has 1 aromatic rings. The molecule has 1 aliphatic rings. The summed E-state index contributed by atoms with van der Waals surface area (Å²) in [5.74, 6) is 0.528. The molecule has 0 radical (unpaired) electrons. The molecule has 1 aromatic carbocycles. The van der Waals surface area contributed by atoms with E-state index in [2.05, 4.69) is 5.32 Å². The van der Waals surface area contributed by atoms with Crippen molar-refractivity contribution < 1.29 is 19.1 Å². The fourth-order valence-corrected chi connectivity index (χ4v) is 3.69. The maximum atomic E-state index is 12.8. The Bertz CT molecular complexity index is 682. The Morgan fingerprint density at radius 2 is 1.70 bits per heavy atom. The van der Waals surface area contributed by atoms with Gasteiger partial charge in [0.25, 0.3) is 5.91 Å². The van der Waals surface area contributed by atoms with Crippen molar-refractivity contribution in [2.75, 3.05) is 40.2 Å². The molecule has 150 valence electrons. The molecule has 0 aromatic heterocycles. The number of amides is 2. The molecule has 27 heavy (non-hydrogen) atoms. The Balaban J connectivity index is 2.29. The third-order valence-electron chi connectivity index (χ3n) is 5.32. The number of anilines is 1. The Kier molecular flexibility index (Phi) is 7.07. The molecule has 2 amide bonds. The summed E-state index contributed by atoms with van der Waals surface area (Å²) in [6, 6.07) is 3.22. The third kappa shape index (κ3) is 4.91. The van der Waals surface area contributed by atoms with Gasteiger partial charge in [-0.3, -0.25) is 9.59 Å². The van der Waals surface area contributed by atoms with Gasteiger partial charge in [-0.05, 0) is 30.9 Å². The topological polar surface area (TPSA) is 93.9 Å². The molecule has 0 bridgehead atoms. The van der Waals surface area contributed by atoms with E-state index < -0.39 is 0 Å². The Hall–Kier alpha value is -2.28. The van der Waals surface area contributed by atoms with Crippen LogP contribution in [0.15, 0.2) is 12.1 Å². The lowest BCUT2D eigenvalue weighted by atomic mass is 9.71. The van der Waals surface area contributed by atoms with Crippen LogP contribution in [0.3, 0.4) is 0 Å². The average molecular weight is 377 g/mol. The number of benzene rings is 1. The normalized spacial score (nSPS) is 15.7. The van der Waals surface area contributed by atoms with Crippen LogP contribution in [-0.2, 0) is 4.79 Å². The first-order valence-electron chi connectivity index (χ1n) is 9.33. The average Bonchev–Trinajstić information content (AvgIpc) is 2.67. The van der Waals surface area contributed by atoms with Gasteiger partial charge in [0.2, 0.25) is 5.91 Å². The summed E-state index contributed by atoms with van der Waals surface area (Å²) in [5.41, 5.74) is 6.63. The number of rotatable bonds is 7. The first-order chi connectivity index (χ1) is 12.9. The van der Waals surface area contributed by atoms with E-state index in [4.69, 9.17) is 15.2 Å². The van der Waals surface area contributed by atoms with Crippen LogP contribution < -0.4 is 20.5 Å². The van der Waals surface area contributed by atoms with E-state index in [0.29, 0.717) is 35.7 Å². The molecule has 1 fully saturated rings. The first-order valence-corrected chi connectivity index (χ1v) is 9.33. The summed E-state index contributed by atoms with van der Waals surface area (Å²) in [6.07, 6.45) is 5.68. The second-order valence-corrected chi connectivity index (χ2v) is 7.44. The fourth-order valence-electron chi connectivity index (χ4n) is 3.69. The minimum atomic E-state index is -0.225. The summed E-state index contributed by atoms with van der Waals surface area (Å²) in [4.78, 5) is 26.8. The molecule has 0 atom stereocenters. The van der Waals surface area contributed by atoms with E-state index in [1.165, 1.54) is 25.5 Å². The zero-order chi connectivity index (χ0) is 20.0. The predicted octanol–water partition coefficient (Wildman–Crippen LogP) is 2.64. The van der Waals surface area contributed by atoms with Crippen molar-refractivity contribution in [3.05, 3.63) is 17.7 Å². The summed E-state index contributed by atoms with van der Waals surface area (Å²) in [5, 5.41) is 2.90. The quantitative estimate of drug-likeness (QED) is 0.762. The highest BCUT2D eigenvalue weighted by molar-refractivity contribution is 6.04. The van der Waals surface area contributed by atoms with Crippen LogP contribution in [0, 0.1) is 5.41 Å². The highest BCUT2D eigenvalue weighted by Crippen LogP contribution is 2.39. The Labute approximate surface area is 161 Å². The van der Waals surface area contributed by atoms with Crippen LogP contribution in [0.4, 0.5) is 5.69 Å². The van der Waals surface area contributed by atoms with Crippen molar-refractivity contribution in [2.24, 2.45) is 11.1 Å². The van der Waals surface area contributed by atoms with Gasteiger partial charge < -0.3 is 25.4 Å². The molecule has 0 spiro atoms. The zero-order valence-electron chi connectivity index (χ0n) is 16.8. The van der Waals surface area contributed by atoms with Crippen LogP contribution in [0.1, 0.15) is 48.9 Å². The monoisotopic (exact) mass is 377 g/mol. The zero-order valence-corrected chi connectivity index (χ0v) is 16.8. The van der Waals surface area contributed by atoms with Crippen molar-refractivity contribution in [1.29, 1.82) is 0 Å². The lowest BCUT2D eigenvalue weighted by Gasteiger charge is -2.35. The van der Waals surface area contributed by atoms with Gasteiger partial charge in [0.1, 0.15) is 0 Å². The highest BCUT2D eigenvalue weighted by Gasteiger charge is 2.33. The Morgan fingerprint density at radius 1 is 1.11 bits per heavy atom. The Morgan fingerprint density at radius 3 is 2.22 bits per heavy atom. The maximum Gasteiger partial charge on any atom is 0.255 e. The largest absolute Gasteiger partial charge is 0.493 e. The van der Waals surface area contributed by atoms with E-state index in [0.717, 1.165) is 25.7 Å². The fraction of sp³-hybridized carbons (Fsp3) is 0.600. The molecular weight excluding hydrogens is 346 g/mol. The van der Waals surface area contributed by atoms with Gasteiger partial charge in [0.05, 0.1) is 25.5 Å². The molecule has 7 nitrogen and oxygen atoms in total. The van der Waals surface area contributed by atoms with Crippen LogP contribution in [0.5, 0.6) is 11.5 Å². The molecule has 3 N–H and O–H groups in total. The molecular formula is C20H31N3O4. The van der Waals surface area contributed by atoms with Crippen LogP contribution in [-0.4, -0.2) is 51.6 Å². The molecule has 1 saturated carbocycles. The van der Waals surface area contributed by atoms with Gasteiger partial charge in [0, 0.05) is 26.6 Å². The minimum absolute atomic E-state index is 0.137. The molecule has 7 heteroatoms. The number of carbonyl (C=O) groups is 2. The van der Waals surface area contributed by atoms with Gasteiger partial charge >= 0.3 is 0 Å². The van der Waals surface area contributed by atoms with Crippen molar-refractivity contribution in [2.45, 2.75) is 38.5 Å². The number of nitrogens with one attached hydrogen (secondary N) is 1. The predicted molar refractivity (Wildman–Crippen MR) is 105 cm³/mol. The summed E-state index contributed by atoms with van der Waals surface area (Å²) in [7, 11) is 6.35. The van der Waals surface area contributed by atoms with Gasteiger partial charge in [-0.15, -0.1) is 0 Å². The van der Waals surface area contributed by atoms with Gasteiger partial charge in [0.15, 0.2) is 11.5 Å². The standard InChI is InChI=1S/C20H31N3O4/c1-23(2)19(25)14-10-16(26-3)17(27-4)11-15(14)22-18(24)12-20(13-21)8-6-5-7-9-20/h10-11H,5-9,12-13,21H2,1-4H3,(H,22,24). The summed E-state index contributed by atoms with van der Waals surface area (Å²) in [6.45, 7) is 0.496. The van der Waals surface area contributed by atoms with Gasteiger partial charge in [-0.2, -0.15) is 0 Å². The molecule has 2 rings (SSSR count). The lowest BCUT2D eigenvalue weighted by Crippen LogP contribution is -2.36. The van der Waals surface area contributed by atoms with Crippen molar-refractivity contribution in [3.8, 4) is 11.5 Å². The van der Waals surface area contributed by atoms with Crippen molar-refractivity contribution >= 4 is 17.5 Å². The third-order valence-corrected chi connectivity index (χ3v) is 5.32. The number of ether oxygens (including phenoxy) is 2. The SMILES string of the molecule is COc1cc(NC(=O)CC2(CN)CCCCC2)c(C(=O)N(C)C)cc1OC. The second-order valence-electron chi connectivity index (χ2n) is 7.44. The van der Waals surface area contributed by atoms with Crippen LogP contribution in [0.25, 0.3) is 0 Å². The van der Waals surface area contributed by atoms with E-state index in [1.54, 1.807) is 26.2 Å². The van der Waals surface area contributed by atoms with E-state index >= 15 is 0 Å². The van der Waals surface area contributed by atoms with Crippen LogP contribution >= 0.6 is 0 Å². The van der Waals surface area contributed by atoms with Crippen molar-refractivity contribution in [1.82, 2.24) is 4.90 Å². The number of hydrogen-bond acceptors (Lipinski definition) is 5. The molecule has 0 heterocycles.